The molecule has 8 aromatic rings. The topological polar surface area (TPSA) is 34.1 Å². The minimum atomic E-state index is 0. The van der Waals surface area contributed by atoms with Crippen molar-refractivity contribution < 1.29 is 62.0 Å². The molecule has 0 atom stereocenters. The third-order valence-electron chi connectivity index (χ3n) is 6.47. The van der Waals surface area contributed by atoms with Gasteiger partial charge in [0.05, 0.1) is 11.1 Å². The molecule has 0 bridgehead atoms. The zero-order valence-electron chi connectivity index (χ0n) is 28.6. The van der Waals surface area contributed by atoms with Gasteiger partial charge >= 0.3 is 0 Å². The van der Waals surface area contributed by atoms with Crippen LogP contribution in [0, 0.1) is 24.3 Å². The number of carbonyl (C=O) groups excluding carboxylic acids is 2. The van der Waals surface area contributed by atoms with Gasteiger partial charge in [-0.15, -0.1) is 0 Å². The molecule has 0 saturated carbocycles. The van der Waals surface area contributed by atoms with E-state index in [0.29, 0.717) is 11.1 Å². The first-order chi connectivity index (χ1) is 24.8. The van der Waals surface area contributed by atoms with Crippen molar-refractivity contribution >= 4 is 23.0 Å². The van der Waals surface area contributed by atoms with Gasteiger partial charge < -0.3 is 30.3 Å². The second-order valence-corrected chi connectivity index (χ2v) is 9.99. The van der Waals surface area contributed by atoms with E-state index in [2.05, 4.69) is 24.3 Å². The molecule has 0 aromatic heterocycles. The van der Waals surface area contributed by atoms with Crippen LogP contribution in [0.25, 0.3) is 11.1 Å². The van der Waals surface area contributed by atoms with Crippen molar-refractivity contribution in [2.75, 3.05) is 0 Å². The molecule has 0 spiro atoms. The summed E-state index contributed by atoms with van der Waals surface area (Å²) >= 11 is 0. The van der Waals surface area contributed by atoms with Crippen LogP contribution in [0.2, 0.25) is 0 Å². The Labute approximate surface area is 347 Å². The third kappa shape index (κ3) is 19.4. The quantitative estimate of drug-likeness (QED) is 0.131. The summed E-state index contributed by atoms with van der Waals surface area (Å²) in [4.78, 5) is 21.9. The van der Waals surface area contributed by atoms with Gasteiger partial charge in [0, 0.05) is 52.4 Å². The van der Waals surface area contributed by atoms with E-state index in [1.807, 2.05) is 224 Å². The van der Waals surface area contributed by atoms with Gasteiger partial charge in [0.25, 0.3) is 0 Å². The predicted octanol–water partition coefficient (Wildman–Crippen LogP) is 10.7. The molecule has 0 aliphatic rings. The first-order valence-electron chi connectivity index (χ1n) is 15.9. The van der Waals surface area contributed by atoms with Crippen LogP contribution in [-0.2, 0) is 62.0 Å². The Morgan fingerprint density at radius 3 is 0.731 bits per heavy atom. The second kappa shape index (κ2) is 30.7. The molecular formula is C48H36O2Zr2-8. The zero-order valence-corrected chi connectivity index (χ0v) is 33.5. The maximum absolute atomic E-state index is 10.9. The average Bonchev–Trinajstić information content (AvgIpc) is 4.06. The van der Waals surface area contributed by atoms with Crippen molar-refractivity contribution in [1.29, 1.82) is 0 Å². The smallest absolute Gasteiger partial charge is 0.133 e. The van der Waals surface area contributed by atoms with Crippen molar-refractivity contribution in [3.8, 4) is 0 Å². The fraction of sp³-hybridized carbons (Fsp3) is 0. The van der Waals surface area contributed by atoms with Gasteiger partial charge in [-0.2, -0.15) is 54.6 Å². The fourth-order valence-corrected chi connectivity index (χ4v) is 4.13. The normalized spacial score (nSPS) is 8.46. The Morgan fingerprint density at radius 1 is 0.365 bits per heavy atom. The van der Waals surface area contributed by atoms with Gasteiger partial charge in [-0.1, -0.05) is 121 Å². The molecule has 52 heavy (non-hydrogen) atoms. The van der Waals surface area contributed by atoms with Gasteiger partial charge in [-0.25, -0.2) is 46.0 Å². The molecule has 256 valence electrons. The predicted molar refractivity (Wildman–Crippen MR) is 206 cm³/mol. The summed E-state index contributed by atoms with van der Waals surface area (Å²) in [5.41, 5.74) is 4.82. The minimum Gasteiger partial charge on any atom is -0.999 e. The van der Waals surface area contributed by atoms with Crippen molar-refractivity contribution in [1.82, 2.24) is 0 Å². The summed E-state index contributed by atoms with van der Waals surface area (Å²) in [6, 6.07) is 80.3. The van der Waals surface area contributed by atoms with Crippen LogP contribution in [0.3, 0.4) is 0 Å². The van der Waals surface area contributed by atoms with Gasteiger partial charge in [-0.05, 0) is 22.3 Å². The Morgan fingerprint density at radius 2 is 0.596 bits per heavy atom. The van der Waals surface area contributed by atoms with E-state index in [1.54, 1.807) is 6.07 Å². The standard InChI is InChI=1S/2C14H10O.3C5H5.C5H.2Zr/c2*15-11-14(12-7-3-1-4-8-12)13-9-5-2-6-10-13;4*1-2-4-5-3-1;;/h2*1-10H;3*1-5H;1H;;/q;;3*-1;-5;;. The molecule has 0 fully saturated rings. The van der Waals surface area contributed by atoms with E-state index in [0.717, 1.165) is 22.3 Å². The molecule has 0 heterocycles. The van der Waals surface area contributed by atoms with Gasteiger partial charge in [0.1, 0.15) is 11.9 Å². The molecular weight excluding hydrogens is 791 g/mol. The fourth-order valence-electron chi connectivity index (χ4n) is 4.13. The molecule has 0 aliphatic carbocycles. The van der Waals surface area contributed by atoms with E-state index in [1.165, 1.54) is 0 Å². The summed E-state index contributed by atoms with van der Waals surface area (Å²) in [7, 11) is 0. The average molecular weight is 827 g/mol. The van der Waals surface area contributed by atoms with Crippen LogP contribution in [0.4, 0.5) is 0 Å². The van der Waals surface area contributed by atoms with E-state index >= 15 is 0 Å². The molecule has 0 radical (unpaired) electrons. The largest absolute Gasteiger partial charge is 0.999 e. The van der Waals surface area contributed by atoms with Gasteiger partial charge in [-0.3, -0.25) is 0 Å². The molecule has 0 amide bonds. The molecule has 8 aromatic carbocycles. The molecule has 4 heteroatoms. The van der Waals surface area contributed by atoms with Crippen LogP contribution in [0.5, 0.6) is 0 Å². The first kappa shape index (κ1) is 45.0. The molecule has 0 aliphatic heterocycles. The molecule has 0 N–H and O–H groups in total. The van der Waals surface area contributed by atoms with Crippen molar-refractivity contribution in [2.45, 2.75) is 0 Å². The Kier molecular flexibility index (Phi) is 26.6. The van der Waals surface area contributed by atoms with E-state index < -0.39 is 0 Å². The molecule has 8 rings (SSSR count). The summed E-state index contributed by atoms with van der Waals surface area (Å²) in [6.45, 7) is 0. The molecule has 0 saturated heterocycles. The van der Waals surface area contributed by atoms with E-state index in [4.69, 9.17) is 0 Å². The first-order valence-corrected chi connectivity index (χ1v) is 15.9. The number of benzene rings is 4. The Balaban J connectivity index is 0.000000336. The Hall–Kier alpha value is -5.05. The van der Waals surface area contributed by atoms with Crippen LogP contribution < -0.4 is 0 Å². The SMILES string of the molecule is O=C=C(c1ccccc1)c1ccccc1.O=C=C(c1ccccc1)c1ccccc1.[Zr].[Zr].[c-]1[c-][c-][cH-][c-]1.c1cc[cH-]c1.c1cc[cH-]c1.c1cc[cH-]c1. The van der Waals surface area contributed by atoms with Crippen molar-refractivity contribution in [3.05, 3.63) is 265 Å². The second-order valence-electron chi connectivity index (χ2n) is 9.99. The number of rotatable bonds is 4. The summed E-state index contributed by atoms with van der Waals surface area (Å²) < 4.78 is 0. The van der Waals surface area contributed by atoms with Gasteiger partial charge in [0.2, 0.25) is 0 Å². The zero-order chi connectivity index (χ0) is 35.2. The van der Waals surface area contributed by atoms with Crippen molar-refractivity contribution in [2.24, 2.45) is 0 Å². The maximum Gasteiger partial charge on any atom is 0.133 e. The number of hydrogen-bond donors (Lipinski definition) is 0. The van der Waals surface area contributed by atoms with Crippen LogP contribution in [0.15, 0.2) is 218 Å². The van der Waals surface area contributed by atoms with Crippen molar-refractivity contribution in [3.63, 3.8) is 0 Å². The van der Waals surface area contributed by atoms with E-state index in [-0.39, 0.29) is 52.4 Å². The van der Waals surface area contributed by atoms with Crippen LogP contribution in [-0.4, -0.2) is 11.9 Å². The summed E-state index contributed by atoms with van der Waals surface area (Å²) in [5.74, 6) is 4.00. The molecule has 2 nitrogen and oxygen atoms in total. The third-order valence-corrected chi connectivity index (χ3v) is 6.47. The van der Waals surface area contributed by atoms with Gasteiger partial charge in [0.15, 0.2) is 0 Å². The number of hydrogen-bond acceptors (Lipinski definition) is 2. The van der Waals surface area contributed by atoms with Crippen LogP contribution >= 0.6 is 0 Å². The monoisotopic (exact) mass is 824 g/mol. The summed E-state index contributed by atoms with van der Waals surface area (Å²) in [6.07, 6.45) is 0. The maximum atomic E-state index is 10.9. The summed E-state index contributed by atoms with van der Waals surface area (Å²) in [5, 5.41) is 0. The molecule has 0 unspecified atom stereocenters. The van der Waals surface area contributed by atoms with E-state index in [9.17, 15) is 9.59 Å². The minimum absolute atomic E-state index is 0. The van der Waals surface area contributed by atoms with Crippen LogP contribution in [0.1, 0.15) is 22.3 Å². The Bertz CT molecular complexity index is 1600.